The Hall–Kier alpha value is -2.49. The van der Waals surface area contributed by atoms with E-state index in [0.717, 1.165) is 6.42 Å². The van der Waals surface area contributed by atoms with Crippen molar-refractivity contribution in [2.24, 2.45) is 5.92 Å². The summed E-state index contributed by atoms with van der Waals surface area (Å²) in [6, 6.07) is 29.3. The smallest absolute Gasteiger partial charge is 0.123 e. The first-order valence-corrected chi connectivity index (χ1v) is 11.4. The number of ether oxygens (including phenoxy) is 1. The number of hydrogen-bond acceptors (Lipinski definition) is 2. The van der Waals surface area contributed by atoms with Crippen LogP contribution in [0.25, 0.3) is 0 Å². The number of rotatable bonds is 6. The first-order chi connectivity index (χ1) is 15.2. The monoisotopic (exact) mass is 415 g/mol. The molecule has 0 unspecified atom stereocenters. The number of benzene rings is 3. The first kappa shape index (κ1) is 20.4. The van der Waals surface area contributed by atoms with Gasteiger partial charge in [-0.3, -0.25) is 0 Å². The number of piperidine rings is 1. The Balaban J connectivity index is 1.43. The van der Waals surface area contributed by atoms with Crippen LogP contribution in [0, 0.1) is 11.7 Å². The molecule has 2 saturated heterocycles. The van der Waals surface area contributed by atoms with Crippen LogP contribution in [0.5, 0.6) is 0 Å². The molecule has 31 heavy (non-hydrogen) atoms. The molecule has 2 aliphatic heterocycles. The molecule has 0 amide bonds. The maximum absolute atomic E-state index is 13.6. The van der Waals surface area contributed by atoms with Crippen LogP contribution >= 0.6 is 0 Å². The Morgan fingerprint density at radius 1 is 0.871 bits per heavy atom. The number of hydrogen-bond donors (Lipinski definition) is 0. The Morgan fingerprint density at radius 2 is 1.48 bits per heavy atom. The summed E-state index contributed by atoms with van der Waals surface area (Å²) in [5, 5.41) is 0. The predicted molar refractivity (Wildman–Crippen MR) is 123 cm³/mol. The van der Waals surface area contributed by atoms with E-state index in [9.17, 15) is 4.39 Å². The normalized spacial score (nSPS) is 25.8. The lowest BCUT2D eigenvalue weighted by Gasteiger charge is -2.43. The predicted octanol–water partition coefficient (Wildman–Crippen LogP) is 6.20. The zero-order chi connectivity index (χ0) is 21.2. The lowest BCUT2D eigenvalue weighted by Crippen LogP contribution is -2.47. The van der Waals surface area contributed by atoms with Gasteiger partial charge in [-0.15, -0.1) is 0 Å². The Morgan fingerprint density at radius 3 is 2.10 bits per heavy atom. The van der Waals surface area contributed by atoms with Gasteiger partial charge in [0, 0.05) is 18.0 Å². The minimum absolute atomic E-state index is 0.0827. The van der Waals surface area contributed by atoms with E-state index in [2.05, 4.69) is 60.5 Å². The van der Waals surface area contributed by atoms with Crippen LogP contribution in [0.15, 0.2) is 84.9 Å². The maximum atomic E-state index is 13.6. The summed E-state index contributed by atoms with van der Waals surface area (Å²) in [5.74, 6) is 0.631. The van der Waals surface area contributed by atoms with E-state index in [1.807, 2.05) is 24.3 Å². The molecule has 3 aromatic carbocycles. The zero-order valence-corrected chi connectivity index (χ0v) is 18.0. The van der Waals surface area contributed by atoms with Gasteiger partial charge in [-0.25, -0.2) is 4.39 Å². The van der Waals surface area contributed by atoms with Crippen molar-refractivity contribution in [1.82, 2.24) is 4.90 Å². The van der Waals surface area contributed by atoms with Crippen LogP contribution in [-0.2, 0) is 4.74 Å². The highest BCUT2D eigenvalue weighted by molar-refractivity contribution is 5.30. The van der Waals surface area contributed by atoms with Gasteiger partial charge in [-0.1, -0.05) is 72.8 Å². The molecule has 5 rings (SSSR count). The molecule has 0 saturated carbocycles. The molecule has 2 aliphatic rings. The molecular formula is C28H30FNO. The fraction of sp³-hybridized carbons (Fsp3) is 0.357. The highest BCUT2D eigenvalue weighted by Crippen LogP contribution is 2.46. The number of nitrogens with zero attached hydrogens (tertiary/aromatic N) is 1. The van der Waals surface area contributed by atoms with Crippen LogP contribution in [0.1, 0.15) is 48.0 Å². The second-order valence-electron chi connectivity index (χ2n) is 9.06. The minimum atomic E-state index is -0.166. The molecule has 0 N–H and O–H groups in total. The molecule has 2 heterocycles. The van der Waals surface area contributed by atoms with E-state index in [1.54, 1.807) is 12.1 Å². The third-order valence-corrected chi connectivity index (χ3v) is 7.39. The summed E-state index contributed by atoms with van der Waals surface area (Å²) in [5.41, 5.74) is 3.61. The third-order valence-electron chi connectivity index (χ3n) is 7.39. The summed E-state index contributed by atoms with van der Waals surface area (Å²) in [6.07, 6.45) is 3.50. The molecule has 3 heteroatoms. The van der Waals surface area contributed by atoms with Gasteiger partial charge in [0.1, 0.15) is 11.9 Å². The SMILES string of the molecule is CN1[C@H]2CC[C@@H]1[C@@H](COC(c1ccccc1)c1ccccc1)[C@@H](c1ccc(F)cc1)C2. The van der Waals surface area contributed by atoms with Crippen molar-refractivity contribution in [3.63, 3.8) is 0 Å². The molecule has 160 valence electrons. The summed E-state index contributed by atoms with van der Waals surface area (Å²) in [4.78, 5) is 2.56. The maximum Gasteiger partial charge on any atom is 0.123 e. The Bertz CT molecular complexity index is 935. The van der Waals surface area contributed by atoms with Crippen molar-refractivity contribution in [2.75, 3.05) is 13.7 Å². The van der Waals surface area contributed by atoms with Crippen molar-refractivity contribution in [1.29, 1.82) is 0 Å². The summed E-state index contributed by atoms with van der Waals surface area (Å²) in [6.45, 7) is 0.693. The van der Waals surface area contributed by atoms with Crippen LogP contribution in [-0.4, -0.2) is 30.6 Å². The fourth-order valence-electron chi connectivity index (χ4n) is 5.75. The number of halogens is 1. The minimum Gasteiger partial charge on any atom is -0.368 e. The summed E-state index contributed by atoms with van der Waals surface area (Å²) in [7, 11) is 2.27. The zero-order valence-electron chi connectivity index (χ0n) is 18.0. The molecule has 2 bridgehead atoms. The molecule has 4 atom stereocenters. The van der Waals surface area contributed by atoms with Crippen LogP contribution < -0.4 is 0 Å². The second kappa shape index (κ2) is 8.94. The highest BCUT2D eigenvalue weighted by Gasteiger charge is 2.46. The van der Waals surface area contributed by atoms with E-state index in [-0.39, 0.29) is 11.9 Å². The molecule has 0 spiro atoms. The largest absolute Gasteiger partial charge is 0.368 e. The van der Waals surface area contributed by atoms with E-state index in [0.29, 0.717) is 30.5 Å². The topological polar surface area (TPSA) is 12.5 Å². The number of fused-ring (bicyclic) bond motifs is 2. The van der Waals surface area contributed by atoms with E-state index in [4.69, 9.17) is 4.74 Å². The molecule has 0 radical (unpaired) electrons. The van der Waals surface area contributed by atoms with Crippen molar-refractivity contribution in [2.45, 2.75) is 43.4 Å². The van der Waals surface area contributed by atoms with Crippen molar-refractivity contribution >= 4 is 0 Å². The lowest BCUT2D eigenvalue weighted by molar-refractivity contribution is -0.00336. The Kier molecular flexibility index (Phi) is 5.89. The molecule has 0 aliphatic carbocycles. The van der Waals surface area contributed by atoms with Crippen LogP contribution in [0.3, 0.4) is 0 Å². The average molecular weight is 416 g/mol. The Labute approximate surface area is 184 Å². The van der Waals surface area contributed by atoms with Gasteiger partial charge in [0.25, 0.3) is 0 Å². The van der Waals surface area contributed by atoms with Gasteiger partial charge in [-0.2, -0.15) is 0 Å². The van der Waals surface area contributed by atoms with Gasteiger partial charge >= 0.3 is 0 Å². The molecule has 2 nitrogen and oxygen atoms in total. The van der Waals surface area contributed by atoms with Crippen LogP contribution in [0.2, 0.25) is 0 Å². The molecule has 3 aromatic rings. The quantitative estimate of drug-likeness (QED) is 0.475. The molecule has 2 fully saturated rings. The van der Waals surface area contributed by atoms with Gasteiger partial charge in [-0.05, 0) is 61.1 Å². The third kappa shape index (κ3) is 4.17. The van der Waals surface area contributed by atoms with Gasteiger partial charge in [0.05, 0.1) is 6.61 Å². The van der Waals surface area contributed by atoms with Crippen LogP contribution in [0.4, 0.5) is 4.39 Å². The fourth-order valence-corrected chi connectivity index (χ4v) is 5.75. The lowest BCUT2D eigenvalue weighted by atomic mass is 9.76. The van der Waals surface area contributed by atoms with E-state index < -0.39 is 0 Å². The van der Waals surface area contributed by atoms with Crippen molar-refractivity contribution in [3.05, 3.63) is 107 Å². The standard InChI is InChI=1S/C28H30FNO/c1-30-24-16-17-27(30)26(25(18-24)20-12-14-23(29)15-13-20)19-31-28(21-8-4-2-5-9-21)22-10-6-3-7-11-22/h2-15,24-28H,16-19H2,1H3/t24-,25+,26-,27+/m0/s1. The van der Waals surface area contributed by atoms with Gasteiger partial charge < -0.3 is 9.64 Å². The molecular weight excluding hydrogens is 385 g/mol. The van der Waals surface area contributed by atoms with Gasteiger partial charge in [0.15, 0.2) is 0 Å². The summed E-state index contributed by atoms with van der Waals surface area (Å²) < 4.78 is 20.3. The first-order valence-electron chi connectivity index (χ1n) is 11.4. The average Bonchev–Trinajstić information content (AvgIpc) is 3.05. The summed E-state index contributed by atoms with van der Waals surface area (Å²) >= 11 is 0. The highest BCUT2D eigenvalue weighted by atomic mass is 19.1. The van der Waals surface area contributed by atoms with E-state index in [1.165, 1.54) is 29.5 Å². The van der Waals surface area contributed by atoms with Crippen molar-refractivity contribution < 1.29 is 9.13 Å². The van der Waals surface area contributed by atoms with Crippen molar-refractivity contribution in [3.8, 4) is 0 Å². The second-order valence-corrected chi connectivity index (χ2v) is 9.06. The molecule has 0 aromatic heterocycles. The van der Waals surface area contributed by atoms with Gasteiger partial charge in [0.2, 0.25) is 0 Å². The van der Waals surface area contributed by atoms with E-state index >= 15 is 0 Å².